The number of halogens is 5. The third-order valence-corrected chi connectivity index (χ3v) is 3.15. The SMILES string of the molecule is Cc1c([N+](=O)[O-])c(C(=O)Nc2c(F)c(F)c(F)c(F)c2F)nn1C. The molecule has 2 rings (SSSR count). The number of hydrogen-bond donors (Lipinski definition) is 1. The quantitative estimate of drug-likeness (QED) is 0.303. The van der Waals surface area contributed by atoms with Gasteiger partial charge in [0.15, 0.2) is 23.3 Å². The van der Waals surface area contributed by atoms with Gasteiger partial charge in [0.2, 0.25) is 11.5 Å². The Bertz CT molecular complexity index is 851. The molecule has 0 bridgehead atoms. The number of anilines is 1. The molecule has 2 aromatic rings. The number of nitrogens with one attached hydrogen (secondary N) is 1. The van der Waals surface area contributed by atoms with Crippen molar-refractivity contribution in [3.8, 4) is 0 Å². The summed E-state index contributed by atoms with van der Waals surface area (Å²) in [5.74, 6) is -13.0. The number of hydrogen-bond acceptors (Lipinski definition) is 4. The Morgan fingerprint density at radius 1 is 1.08 bits per heavy atom. The number of aryl methyl sites for hydroxylation is 1. The molecule has 1 amide bonds. The third-order valence-electron chi connectivity index (χ3n) is 3.15. The number of aromatic nitrogens is 2. The van der Waals surface area contributed by atoms with E-state index in [1.807, 2.05) is 0 Å². The molecule has 1 N–H and O–H groups in total. The van der Waals surface area contributed by atoms with E-state index in [0.717, 1.165) is 4.68 Å². The van der Waals surface area contributed by atoms with Gasteiger partial charge in [0, 0.05) is 7.05 Å². The van der Waals surface area contributed by atoms with Crippen LogP contribution in [-0.4, -0.2) is 20.6 Å². The number of rotatable bonds is 3. The molecule has 0 aliphatic heterocycles. The van der Waals surface area contributed by atoms with Gasteiger partial charge in [-0.2, -0.15) is 5.10 Å². The highest BCUT2D eigenvalue weighted by Gasteiger charge is 2.32. The van der Waals surface area contributed by atoms with Crippen molar-refractivity contribution in [3.63, 3.8) is 0 Å². The van der Waals surface area contributed by atoms with Crippen LogP contribution in [0, 0.1) is 46.1 Å². The topological polar surface area (TPSA) is 90.1 Å². The highest BCUT2D eigenvalue weighted by molar-refractivity contribution is 6.06. The second-order valence-electron chi connectivity index (χ2n) is 4.56. The minimum Gasteiger partial charge on any atom is -0.315 e. The summed E-state index contributed by atoms with van der Waals surface area (Å²) in [6.45, 7) is 1.25. The van der Waals surface area contributed by atoms with Gasteiger partial charge in [-0.1, -0.05) is 0 Å². The number of nitrogens with zero attached hydrogens (tertiary/aromatic N) is 3. The van der Waals surface area contributed by atoms with Crippen LogP contribution in [0.4, 0.5) is 33.3 Å². The number of carbonyl (C=O) groups excluding carboxylic acids is 1. The Morgan fingerprint density at radius 2 is 1.54 bits per heavy atom. The lowest BCUT2D eigenvalue weighted by Gasteiger charge is -2.08. The van der Waals surface area contributed by atoms with Gasteiger partial charge in [-0.3, -0.25) is 19.6 Å². The molecule has 128 valence electrons. The molecular weight excluding hydrogens is 343 g/mol. The second-order valence-corrected chi connectivity index (χ2v) is 4.56. The minimum absolute atomic E-state index is 0.0532. The predicted molar refractivity (Wildman–Crippen MR) is 68.8 cm³/mol. The molecule has 0 atom stereocenters. The van der Waals surface area contributed by atoms with Gasteiger partial charge in [0.1, 0.15) is 11.4 Å². The van der Waals surface area contributed by atoms with E-state index in [0.29, 0.717) is 0 Å². The number of nitro groups is 1. The van der Waals surface area contributed by atoms with E-state index < -0.39 is 57.0 Å². The van der Waals surface area contributed by atoms with Gasteiger partial charge in [-0.15, -0.1) is 0 Å². The van der Waals surface area contributed by atoms with Crippen LogP contribution < -0.4 is 5.32 Å². The maximum atomic E-state index is 13.5. The molecule has 0 radical (unpaired) electrons. The molecular formula is C12H7F5N4O3. The Morgan fingerprint density at radius 3 is 2.00 bits per heavy atom. The molecule has 0 aliphatic rings. The number of carbonyl (C=O) groups is 1. The summed E-state index contributed by atoms with van der Waals surface area (Å²) in [7, 11) is 1.26. The smallest absolute Gasteiger partial charge is 0.315 e. The fourth-order valence-corrected chi connectivity index (χ4v) is 1.86. The first-order chi connectivity index (χ1) is 11.1. The first kappa shape index (κ1) is 17.3. The molecule has 1 aromatic carbocycles. The fraction of sp³-hybridized carbons (Fsp3) is 0.167. The first-order valence-corrected chi connectivity index (χ1v) is 6.08. The van der Waals surface area contributed by atoms with Crippen molar-refractivity contribution in [2.24, 2.45) is 7.05 Å². The summed E-state index contributed by atoms with van der Waals surface area (Å²) in [5, 5.41) is 15.9. The Kier molecular flexibility index (Phi) is 4.23. The van der Waals surface area contributed by atoms with Crippen molar-refractivity contribution < 1.29 is 31.7 Å². The molecule has 7 nitrogen and oxygen atoms in total. The largest absolute Gasteiger partial charge is 0.322 e. The highest BCUT2D eigenvalue weighted by atomic mass is 19.2. The summed E-state index contributed by atoms with van der Waals surface area (Å²) < 4.78 is 67.1. The highest BCUT2D eigenvalue weighted by Crippen LogP contribution is 2.29. The molecule has 1 heterocycles. The van der Waals surface area contributed by atoms with E-state index in [-0.39, 0.29) is 5.69 Å². The van der Waals surface area contributed by atoms with Crippen LogP contribution >= 0.6 is 0 Å². The predicted octanol–water partition coefficient (Wildman–Crippen LogP) is 2.58. The zero-order valence-electron chi connectivity index (χ0n) is 12.0. The Hall–Kier alpha value is -3.05. The summed E-state index contributed by atoms with van der Waals surface area (Å²) in [6.07, 6.45) is 0. The molecule has 0 aliphatic carbocycles. The van der Waals surface area contributed by atoms with Crippen molar-refractivity contribution >= 4 is 17.3 Å². The summed E-state index contributed by atoms with van der Waals surface area (Å²) >= 11 is 0. The zero-order valence-corrected chi connectivity index (χ0v) is 12.0. The van der Waals surface area contributed by atoms with Crippen LogP contribution in [0.15, 0.2) is 0 Å². The maximum Gasteiger partial charge on any atom is 0.322 e. The minimum atomic E-state index is -2.40. The average Bonchev–Trinajstić information content (AvgIpc) is 2.83. The molecule has 0 saturated heterocycles. The van der Waals surface area contributed by atoms with E-state index in [9.17, 15) is 36.9 Å². The van der Waals surface area contributed by atoms with Crippen LogP contribution in [0.2, 0.25) is 0 Å². The van der Waals surface area contributed by atoms with Crippen LogP contribution in [0.1, 0.15) is 16.2 Å². The zero-order chi connectivity index (χ0) is 18.3. The summed E-state index contributed by atoms with van der Waals surface area (Å²) in [4.78, 5) is 21.9. The molecule has 0 spiro atoms. The van der Waals surface area contributed by atoms with E-state index in [4.69, 9.17) is 0 Å². The van der Waals surface area contributed by atoms with Gasteiger partial charge in [-0.05, 0) is 6.92 Å². The lowest BCUT2D eigenvalue weighted by Crippen LogP contribution is -2.18. The lowest BCUT2D eigenvalue weighted by molar-refractivity contribution is -0.385. The van der Waals surface area contributed by atoms with Crippen LogP contribution in [0.25, 0.3) is 0 Å². The molecule has 1 aromatic heterocycles. The van der Waals surface area contributed by atoms with Crippen molar-refractivity contribution in [2.75, 3.05) is 5.32 Å². The maximum absolute atomic E-state index is 13.5. The van der Waals surface area contributed by atoms with Gasteiger partial charge < -0.3 is 5.32 Å². The number of amides is 1. The molecule has 24 heavy (non-hydrogen) atoms. The van der Waals surface area contributed by atoms with Gasteiger partial charge in [0.25, 0.3) is 5.91 Å². The lowest BCUT2D eigenvalue weighted by atomic mass is 10.2. The van der Waals surface area contributed by atoms with Gasteiger partial charge in [0.05, 0.1) is 4.92 Å². The Labute approximate surface area is 129 Å². The third kappa shape index (κ3) is 2.55. The van der Waals surface area contributed by atoms with Crippen LogP contribution in [-0.2, 0) is 7.05 Å². The average molecular weight is 350 g/mol. The monoisotopic (exact) mass is 350 g/mol. The van der Waals surface area contributed by atoms with Crippen molar-refractivity contribution in [1.82, 2.24) is 9.78 Å². The normalized spacial score (nSPS) is 10.8. The van der Waals surface area contributed by atoms with Crippen molar-refractivity contribution in [3.05, 3.63) is 50.6 Å². The van der Waals surface area contributed by atoms with Crippen LogP contribution in [0.3, 0.4) is 0 Å². The van der Waals surface area contributed by atoms with E-state index in [2.05, 4.69) is 5.10 Å². The number of benzene rings is 1. The van der Waals surface area contributed by atoms with E-state index in [1.165, 1.54) is 19.3 Å². The first-order valence-electron chi connectivity index (χ1n) is 6.08. The van der Waals surface area contributed by atoms with Crippen LogP contribution in [0.5, 0.6) is 0 Å². The summed E-state index contributed by atoms with van der Waals surface area (Å²) in [5.41, 5.74) is -3.29. The van der Waals surface area contributed by atoms with Crippen molar-refractivity contribution in [2.45, 2.75) is 6.92 Å². The molecule has 0 fully saturated rings. The van der Waals surface area contributed by atoms with E-state index in [1.54, 1.807) is 0 Å². The standard InChI is InChI=1S/C12H7F5N4O3/c1-3-11(21(23)24)10(19-20(3)2)12(22)18-9-7(16)5(14)4(13)6(15)8(9)17/h1-2H3,(H,18,22). The van der Waals surface area contributed by atoms with Gasteiger partial charge >= 0.3 is 5.69 Å². The molecule has 0 saturated carbocycles. The second kappa shape index (κ2) is 5.86. The Balaban J connectivity index is 2.53. The summed E-state index contributed by atoms with van der Waals surface area (Å²) in [6, 6.07) is 0. The van der Waals surface area contributed by atoms with E-state index >= 15 is 0 Å². The van der Waals surface area contributed by atoms with Gasteiger partial charge in [-0.25, -0.2) is 22.0 Å². The van der Waals surface area contributed by atoms with Crippen molar-refractivity contribution in [1.29, 1.82) is 0 Å². The molecule has 12 heteroatoms. The fourth-order valence-electron chi connectivity index (χ4n) is 1.86. The molecule has 0 unspecified atom stereocenters.